The molecule has 0 aliphatic rings. The Kier molecular flexibility index (Phi) is 5.86. The normalized spacial score (nSPS) is 11.2. The van der Waals surface area contributed by atoms with Gasteiger partial charge in [0.05, 0.1) is 10.5 Å². The second kappa shape index (κ2) is 7.19. The summed E-state index contributed by atoms with van der Waals surface area (Å²) in [5, 5.41) is 2.57. The second-order valence-corrected chi connectivity index (χ2v) is 6.42. The summed E-state index contributed by atoms with van der Waals surface area (Å²) in [6, 6.07) is 5.33. The highest BCUT2D eigenvalue weighted by atomic mass is 32.2. The zero-order valence-electron chi connectivity index (χ0n) is 12.0. The van der Waals surface area contributed by atoms with E-state index in [-0.39, 0.29) is 16.5 Å². The van der Waals surface area contributed by atoms with E-state index in [9.17, 15) is 18.0 Å². The highest BCUT2D eigenvalue weighted by Crippen LogP contribution is 2.12. The van der Waals surface area contributed by atoms with Crippen LogP contribution in [0.4, 0.5) is 0 Å². The van der Waals surface area contributed by atoms with Crippen molar-refractivity contribution in [2.24, 2.45) is 0 Å². The predicted octanol–water partition coefficient (Wildman–Crippen LogP) is 0.276. The van der Waals surface area contributed by atoms with Gasteiger partial charge in [-0.25, -0.2) is 17.9 Å². The monoisotopic (exact) mass is 314 g/mol. The minimum Gasteiger partial charge on any atom is -0.452 e. The van der Waals surface area contributed by atoms with E-state index < -0.39 is 28.5 Å². The molecule has 0 atom stereocenters. The van der Waals surface area contributed by atoms with Crippen molar-refractivity contribution in [2.75, 3.05) is 13.7 Å². The third-order valence-corrected chi connectivity index (χ3v) is 3.84. The van der Waals surface area contributed by atoms with Gasteiger partial charge in [0.15, 0.2) is 6.61 Å². The maximum absolute atomic E-state index is 11.8. The number of esters is 1. The van der Waals surface area contributed by atoms with Gasteiger partial charge in [-0.2, -0.15) is 0 Å². The number of sulfonamides is 1. The molecule has 0 unspecified atom stereocenters. The molecule has 0 spiro atoms. The summed E-state index contributed by atoms with van der Waals surface area (Å²) >= 11 is 0. The summed E-state index contributed by atoms with van der Waals surface area (Å²) in [6.07, 6.45) is 0. The smallest absolute Gasteiger partial charge is 0.338 e. The molecule has 0 fully saturated rings. The summed E-state index contributed by atoms with van der Waals surface area (Å²) in [4.78, 5) is 23.1. The maximum atomic E-state index is 11.8. The van der Waals surface area contributed by atoms with Gasteiger partial charge < -0.3 is 10.1 Å². The molecule has 1 rings (SSSR count). The van der Waals surface area contributed by atoms with Gasteiger partial charge in [0.25, 0.3) is 5.91 Å². The Labute approximate surface area is 123 Å². The zero-order chi connectivity index (χ0) is 16.0. The molecule has 116 valence electrons. The molecule has 0 aliphatic heterocycles. The van der Waals surface area contributed by atoms with Crippen molar-refractivity contribution in [3.63, 3.8) is 0 Å². The highest BCUT2D eigenvalue weighted by Gasteiger charge is 2.16. The third kappa shape index (κ3) is 5.16. The average molecular weight is 314 g/mol. The van der Waals surface area contributed by atoms with Crippen LogP contribution < -0.4 is 10.0 Å². The molecule has 0 saturated carbocycles. The molecule has 1 amide bonds. The van der Waals surface area contributed by atoms with E-state index in [0.717, 1.165) is 0 Å². The Bertz CT molecular complexity index is 625. The summed E-state index contributed by atoms with van der Waals surface area (Å²) in [5.74, 6) is -1.18. The Morgan fingerprint density at radius 3 is 2.52 bits per heavy atom. The molecule has 0 bridgehead atoms. The van der Waals surface area contributed by atoms with E-state index in [0.29, 0.717) is 0 Å². The van der Waals surface area contributed by atoms with Crippen molar-refractivity contribution in [2.45, 2.75) is 24.8 Å². The number of benzene rings is 1. The molecule has 8 heteroatoms. The van der Waals surface area contributed by atoms with Crippen molar-refractivity contribution < 1.29 is 22.7 Å². The number of carbonyl (C=O) groups excluding carboxylic acids is 2. The van der Waals surface area contributed by atoms with Crippen LogP contribution in [0.3, 0.4) is 0 Å². The zero-order valence-corrected chi connectivity index (χ0v) is 12.9. The summed E-state index contributed by atoms with van der Waals surface area (Å²) in [7, 11) is -2.36. The molecule has 0 aromatic heterocycles. The first-order valence-electron chi connectivity index (χ1n) is 6.26. The molecule has 0 heterocycles. The average Bonchev–Trinajstić information content (AvgIpc) is 2.44. The van der Waals surface area contributed by atoms with Crippen LogP contribution in [0.25, 0.3) is 0 Å². The molecule has 2 N–H and O–H groups in total. The van der Waals surface area contributed by atoms with E-state index in [2.05, 4.69) is 10.0 Å². The summed E-state index contributed by atoms with van der Waals surface area (Å²) < 4.78 is 30.2. The van der Waals surface area contributed by atoms with E-state index >= 15 is 0 Å². The number of hydrogen-bond acceptors (Lipinski definition) is 5. The number of carbonyl (C=O) groups is 2. The maximum Gasteiger partial charge on any atom is 0.338 e. The van der Waals surface area contributed by atoms with Crippen LogP contribution in [0.1, 0.15) is 24.2 Å². The lowest BCUT2D eigenvalue weighted by Crippen LogP contribution is -2.34. The summed E-state index contributed by atoms with van der Waals surface area (Å²) in [5.41, 5.74) is 0.0590. The van der Waals surface area contributed by atoms with Gasteiger partial charge in [-0.3, -0.25) is 4.79 Å². The Hall–Kier alpha value is -1.93. The SMILES string of the molecule is CNS(=O)(=O)c1cccc(C(=O)OCC(=O)NC(C)C)c1. The fourth-order valence-corrected chi connectivity index (χ4v) is 2.26. The summed E-state index contributed by atoms with van der Waals surface area (Å²) in [6.45, 7) is 3.15. The van der Waals surface area contributed by atoms with Crippen molar-refractivity contribution in [1.29, 1.82) is 0 Å². The fourth-order valence-electron chi connectivity index (χ4n) is 1.49. The van der Waals surface area contributed by atoms with Crippen LogP contribution in [-0.4, -0.2) is 40.0 Å². The first kappa shape index (κ1) is 17.1. The molecule has 0 radical (unpaired) electrons. The van der Waals surface area contributed by atoms with Crippen molar-refractivity contribution in [3.05, 3.63) is 29.8 Å². The lowest BCUT2D eigenvalue weighted by Gasteiger charge is -2.09. The third-order valence-electron chi connectivity index (χ3n) is 2.43. The van der Waals surface area contributed by atoms with E-state index in [4.69, 9.17) is 4.74 Å². The molecule has 7 nitrogen and oxygen atoms in total. The lowest BCUT2D eigenvalue weighted by molar-refractivity contribution is -0.124. The number of rotatable bonds is 6. The van der Waals surface area contributed by atoms with Crippen LogP contribution in [0, 0.1) is 0 Å². The Morgan fingerprint density at radius 2 is 1.95 bits per heavy atom. The number of hydrogen-bond donors (Lipinski definition) is 2. The van der Waals surface area contributed by atoms with Crippen LogP contribution in [0.5, 0.6) is 0 Å². The molecule has 1 aromatic rings. The van der Waals surface area contributed by atoms with E-state index in [1.165, 1.54) is 31.3 Å². The van der Waals surface area contributed by atoms with Crippen LogP contribution in [0.15, 0.2) is 29.2 Å². The van der Waals surface area contributed by atoms with Gasteiger partial charge >= 0.3 is 5.97 Å². The quantitative estimate of drug-likeness (QED) is 0.734. The van der Waals surface area contributed by atoms with Crippen molar-refractivity contribution in [1.82, 2.24) is 10.0 Å². The molecular weight excluding hydrogens is 296 g/mol. The van der Waals surface area contributed by atoms with Gasteiger partial charge in [0.1, 0.15) is 0 Å². The minimum absolute atomic E-state index is 0.0499. The van der Waals surface area contributed by atoms with Crippen molar-refractivity contribution >= 4 is 21.9 Å². The van der Waals surface area contributed by atoms with Crippen LogP contribution >= 0.6 is 0 Å². The van der Waals surface area contributed by atoms with Crippen LogP contribution in [-0.2, 0) is 19.6 Å². The fraction of sp³-hybridized carbons (Fsp3) is 0.385. The predicted molar refractivity (Wildman–Crippen MR) is 76.2 cm³/mol. The minimum atomic E-state index is -3.64. The van der Waals surface area contributed by atoms with Crippen molar-refractivity contribution in [3.8, 4) is 0 Å². The van der Waals surface area contributed by atoms with Gasteiger partial charge in [0, 0.05) is 6.04 Å². The first-order valence-corrected chi connectivity index (χ1v) is 7.74. The van der Waals surface area contributed by atoms with Crippen LogP contribution in [0.2, 0.25) is 0 Å². The Morgan fingerprint density at radius 1 is 1.29 bits per heavy atom. The number of amides is 1. The molecule has 0 saturated heterocycles. The topological polar surface area (TPSA) is 102 Å². The number of ether oxygens (including phenoxy) is 1. The molecule has 1 aromatic carbocycles. The first-order chi connectivity index (χ1) is 9.76. The highest BCUT2D eigenvalue weighted by molar-refractivity contribution is 7.89. The van der Waals surface area contributed by atoms with Gasteiger partial charge in [-0.15, -0.1) is 0 Å². The molecule has 21 heavy (non-hydrogen) atoms. The number of nitrogens with one attached hydrogen (secondary N) is 2. The van der Waals surface area contributed by atoms with Gasteiger partial charge in [-0.05, 0) is 39.1 Å². The van der Waals surface area contributed by atoms with Gasteiger partial charge in [0.2, 0.25) is 10.0 Å². The van der Waals surface area contributed by atoms with E-state index in [1.807, 2.05) is 0 Å². The lowest BCUT2D eigenvalue weighted by atomic mass is 10.2. The standard InChI is InChI=1S/C13H18N2O5S/c1-9(2)15-12(16)8-20-13(17)10-5-4-6-11(7-10)21(18,19)14-3/h4-7,9,14H,8H2,1-3H3,(H,15,16). The van der Waals surface area contributed by atoms with E-state index in [1.54, 1.807) is 13.8 Å². The molecular formula is C13H18N2O5S. The molecule has 0 aliphatic carbocycles. The second-order valence-electron chi connectivity index (χ2n) is 4.53. The van der Waals surface area contributed by atoms with Gasteiger partial charge in [-0.1, -0.05) is 6.07 Å². The largest absolute Gasteiger partial charge is 0.452 e. The Balaban J connectivity index is 2.76.